The van der Waals surface area contributed by atoms with Crippen LogP contribution in [-0.2, 0) is 13.0 Å². The van der Waals surface area contributed by atoms with Crippen LogP contribution in [0.3, 0.4) is 0 Å². The number of aromatic amines is 1. The molecule has 1 fully saturated rings. The number of para-hydroxylation sites is 1. The molecule has 4 nitrogen and oxygen atoms in total. The number of nitrogens with zero attached hydrogens (tertiary/aromatic N) is 1. The molecule has 1 atom stereocenters. The second-order valence-electron chi connectivity index (χ2n) is 6.36. The smallest absolute Gasteiger partial charge is 0.0909 e. The monoisotopic (exact) mass is 305 g/mol. The van der Waals surface area contributed by atoms with Gasteiger partial charge in [-0.25, -0.2) is 0 Å². The third kappa shape index (κ3) is 2.36. The summed E-state index contributed by atoms with van der Waals surface area (Å²) in [5.41, 5.74) is 3.12. The molecule has 0 saturated carbocycles. The Bertz CT molecular complexity index is 675. The predicted octanol–water partition coefficient (Wildman–Crippen LogP) is 1.90. The number of hydrogen-bond acceptors (Lipinski definition) is 3. The van der Waals surface area contributed by atoms with E-state index < -0.39 is 5.60 Å². The molecule has 0 unspecified atom stereocenters. The average molecular weight is 306 g/mol. The molecule has 0 radical (unpaired) electrons. The van der Waals surface area contributed by atoms with Gasteiger partial charge < -0.3 is 15.4 Å². The molecule has 1 aromatic heterocycles. The summed E-state index contributed by atoms with van der Waals surface area (Å²) in [4.78, 5) is 5.84. The summed E-state index contributed by atoms with van der Waals surface area (Å²) in [5.74, 6) is 0. The lowest BCUT2D eigenvalue weighted by Gasteiger charge is -2.33. The number of benzene rings is 1. The fraction of sp³-hybridized carbons (Fsp3) is 0.500. The lowest BCUT2D eigenvalue weighted by Crippen LogP contribution is -2.46. The fourth-order valence-corrected chi connectivity index (χ4v) is 3.90. The van der Waals surface area contributed by atoms with Crippen molar-refractivity contribution in [2.24, 2.45) is 0 Å². The van der Waals surface area contributed by atoms with Gasteiger partial charge in [0.25, 0.3) is 0 Å². The highest BCUT2D eigenvalue weighted by molar-refractivity contribution is 6.35. The van der Waals surface area contributed by atoms with Crippen LogP contribution in [0.1, 0.15) is 17.7 Å². The molecule has 0 amide bonds. The van der Waals surface area contributed by atoms with Crippen molar-refractivity contribution in [3.63, 3.8) is 0 Å². The highest BCUT2D eigenvalue weighted by atomic mass is 35.5. The standard InChI is InChI=1S/C16H20ClN3O/c17-13-3-1-2-11-12-8-20(7-4-14(12)19-15(11)13)10-16(21)5-6-18-9-16/h1-3,18-19,21H,4-10H2/t16-/m0/s1. The van der Waals surface area contributed by atoms with Crippen LogP contribution in [0, 0.1) is 0 Å². The minimum Gasteiger partial charge on any atom is -0.387 e. The Morgan fingerprint density at radius 3 is 3.10 bits per heavy atom. The van der Waals surface area contributed by atoms with Crippen LogP contribution < -0.4 is 5.32 Å². The number of halogens is 1. The van der Waals surface area contributed by atoms with Gasteiger partial charge in [0.1, 0.15) is 0 Å². The topological polar surface area (TPSA) is 51.3 Å². The van der Waals surface area contributed by atoms with Crippen LogP contribution in [-0.4, -0.2) is 46.8 Å². The first kappa shape index (κ1) is 13.6. The Labute approximate surface area is 129 Å². The number of fused-ring (bicyclic) bond motifs is 3. The van der Waals surface area contributed by atoms with Gasteiger partial charge in [-0.05, 0) is 24.6 Å². The van der Waals surface area contributed by atoms with Crippen LogP contribution in [0.4, 0.5) is 0 Å². The first-order valence-electron chi connectivity index (χ1n) is 7.58. The van der Waals surface area contributed by atoms with Crippen molar-refractivity contribution in [1.82, 2.24) is 15.2 Å². The largest absolute Gasteiger partial charge is 0.387 e. The van der Waals surface area contributed by atoms with Crippen molar-refractivity contribution < 1.29 is 5.11 Å². The fourth-order valence-electron chi connectivity index (χ4n) is 3.67. The molecule has 5 heteroatoms. The summed E-state index contributed by atoms with van der Waals surface area (Å²) in [6.07, 6.45) is 1.83. The highest BCUT2D eigenvalue weighted by Crippen LogP contribution is 2.32. The van der Waals surface area contributed by atoms with Gasteiger partial charge in [0.15, 0.2) is 0 Å². The van der Waals surface area contributed by atoms with Crippen molar-refractivity contribution in [1.29, 1.82) is 0 Å². The molecule has 3 N–H and O–H groups in total. The summed E-state index contributed by atoms with van der Waals surface area (Å²) in [7, 11) is 0. The molecule has 2 aromatic rings. The third-order valence-electron chi connectivity index (χ3n) is 4.78. The van der Waals surface area contributed by atoms with Crippen molar-refractivity contribution in [2.75, 3.05) is 26.2 Å². The predicted molar refractivity (Wildman–Crippen MR) is 84.7 cm³/mol. The molecule has 0 aliphatic carbocycles. The second-order valence-corrected chi connectivity index (χ2v) is 6.76. The molecular formula is C16H20ClN3O. The normalized spacial score (nSPS) is 26.4. The Kier molecular flexibility index (Phi) is 3.23. The van der Waals surface area contributed by atoms with Gasteiger partial charge in [-0.2, -0.15) is 0 Å². The summed E-state index contributed by atoms with van der Waals surface area (Å²) >= 11 is 6.28. The molecule has 112 valence electrons. The minimum atomic E-state index is -0.568. The Morgan fingerprint density at radius 2 is 2.29 bits per heavy atom. The maximum atomic E-state index is 10.6. The van der Waals surface area contributed by atoms with Gasteiger partial charge >= 0.3 is 0 Å². The summed E-state index contributed by atoms with van der Waals surface area (Å²) in [6, 6.07) is 6.06. The molecule has 3 heterocycles. The Hall–Kier alpha value is -1.07. The van der Waals surface area contributed by atoms with Crippen LogP contribution in [0.15, 0.2) is 18.2 Å². The van der Waals surface area contributed by atoms with Gasteiger partial charge in [-0.3, -0.25) is 4.90 Å². The number of aliphatic hydroxyl groups is 1. The first-order valence-corrected chi connectivity index (χ1v) is 7.96. The first-order chi connectivity index (χ1) is 10.1. The summed E-state index contributed by atoms with van der Waals surface area (Å²) in [6.45, 7) is 4.23. The number of β-amino-alcohol motifs (C(OH)–C–C–N with tert-alkyl or cyclic N) is 1. The zero-order chi connectivity index (χ0) is 14.4. The molecule has 0 bridgehead atoms. The highest BCUT2D eigenvalue weighted by Gasteiger charge is 2.34. The maximum Gasteiger partial charge on any atom is 0.0909 e. The third-order valence-corrected chi connectivity index (χ3v) is 5.09. The van der Waals surface area contributed by atoms with E-state index in [1.807, 2.05) is 12.1 Å². The molecule has 21 heavy (non-hydrogen) atoms. The van der Waals surface area contributed by atoms with Gasteiger partial charge in [-0.1, -0.05) is 23.7 Å². The molecule has 4 rings (SSSR count). The quantitative estimate of drug-likeness (QED) is 0.794. The zero-order valence-electron chi connectivity index (χ0n) is 12.0. The van der Waals surface area contributed by atoms with E-state index in [2.05, 4.69) is 21.3 Å². The SMILES string of the molecule is O[C@@]1(CN2CCc3[nH]c4c(Cl)cccc4c3C2)CCNC1. The van der Waals surface area contributed by atoms with Crippen molar-refractivity contribution in [3.8, 4) is 0 Å². The van der Waals surface area contributed by atoms with Crippen molar-refractivity contribution in [3.05, 3.63) is 34.5 Å². The van der Waals surface area contributed by atoms with Gasteiger partial charge in [0, 0.05) is 43.7 Å². The Balaban J connectivity index is 1.62. The number of nitrogens with one attached hydrogen (secondary N) is 2. The van der Waals surface area contributed by atoms with Crippen LogP contribution in [0.2, 0.25) is 5.02 Å². The molecule has 0 spiro atoms. The van der Waals surface area contributed by atoms with E-state index in [4.69, 9.17) is 11.6 Å². The van der Waals surface area contributed by atoms with E-state index in [1.165, 1.54) is 16.6 Å². The molecular weight excluding hydrogens is 286 g/mol. The number of H-pyrrole nitrogens is 1. The molecule has 1 aromatic carbocycles. The van der Waals surface area contributed by atoms with E-state index in [0.29, 0.717) is 6.54 Å². The van der Waals surface area contributed by atoms with Crippen LogP contribution in [0.25, 0.3) is 10.9 Å². The molecule has 1 saturated heterocycles. The van der Waals surface area contributed by atoms with Crippen molar-refractivity contribution in [2.45, 2.75) is 25.0 Å². The molecule has 2 aliphatic heterocycles. The average Bonchev–Trinajstić information content (AvgIpc) is 3.04. The summed E-state index contributed by atoms with van der Waals surface area (Å²) < 4.78 is 0. The Morgan fingerprint density at radius 1 is 1.38 bits per heavy atom. The second kappa shape index (κ2) is 4.99. The van der Waals surface area contributed by atoms with E-state index in [0.717, 1.165) is 49.6 Å². The maximum absolute atomic E-state index is 10.6. The van der Waals surface area contributed by atoms with Crippen molar-refractivity contribution >= 4 is 22.5 Å². The van der Waals surface area contributed by atoms with E-state index >= 15 is 0 Å². The minimum absolute atomic E-state index is 0.568. The van der Waals surface area contributed by atoms with E-state index in [9.17, 15) is 5.11 Å². The van der Waals surface area contributed by atoms with Crippen LogP contribution >= 0.6 is 11.6 Å². The number of hydrogen-bond donors (Lipinski definition) is 3. The van der Waals surface area contributed by atoms with E-state index in [1.54, 1.807) is 0 Å². The number of aromatic nitrogens is 1. The van der Waals surface area contributed by atoms with Gasteiger partial charge in [-0.15, -0.1) is 0 Å². The summed E-state index contributed by atoms with van der Waals surface area (Å²) in [5, 5.41) is 15.8. The zero-order valence-corrected chi connectivity index (χ0v) is 12.7. The number of rotatable bonds is 2. The van der Waals surface area contributed by atoms with Crippen LogP contribution in [0.5, 0.6) is 0 Å². The van der Waals surface area contributed by atoms with Gasteiger partial charge in [0.05, 0.1) is 16.1 Å². The van der Waals surface area contributed by atoms with Gasteiger partial charge in [0.2, 0.25) is 0 Å². The lowest BCUT2D eigenvalue weighted by molar-refractivity contribution is 0.0168. The van der Waals surface area contributed by atoms with E-state index in [-0.39, 0.29) is 0 Å². The molecule has 2 aliphatic rings. The lowest BCUT2D eigenvalue weighted by atomic mass is 9.99.